The molecule has 1 aromatic rings. The standard InChI is InChI=1S/C14H22N4O3S2/c1-3-21-13(20)16-12-17-18-14(23-12)22-8-11(19)15-10-7-5-4-6-9(10)2/h9-10H,3-8H2,1-2H3,(H,15,19)(H,16,17,20)/t9-,10-/m0/s1. The van der Waals surface area contributed by atoms with E-state index in [4.69, 9.17) is 4.74 Å². The van der Waals surface area contributed by atoms with Crippen LogP contribution in [0.1, 0.15) is 39.5 Å². The number of nitrogens with zero attached hydrogens (tertiary/aromatic N) is 2. The highest BCUT2D eigenvalue weighted by Crippen LogP contribution is 2.26. The predicted octanol–water partition coefficient (Wildman–Crippen LogP) is 2.89. The van der Waals surface area contributed by atoms with Crippen LogP contribution in [0.5, 0.6) is 0 Å². The monoisotopic (exact) mass is 358 g/mol. The number of aromatic nitrogens is 2. The molecule has 0 aromatic carbocycles. The molecule has 2 atom stereocenters. The summed E-state index contributed by atoms with van der Waals surface area (Å²) in [7, 11) is 0. The van der Waals surface area contributed by atoms with Crippen molar-refractivity contribution in [2.45, 2.75) is 49.9 Å². The molecule has 1 aliphatic rings. The maximum atomic E-state index is 12.0. The maximum absolute atomic E-state index is 12.0. The lowest BCUT2D eigenvalue weighted by atomic mass is 9.86. The van der Waals surface area contributed by atoms with Gasteiger partial charge in [0.2, 0.25) is 11.0 Å². The molecule has 0 bridgehead atoms. The van der Waals surface area contributed by atoms with Gasteiger partial charge in [0.05, 0.1) is 12.4 Å². The van der Waals surface area contributed by atoms with Crippen molar-refractivity contribution in [3.05, 3.63) is 0 Å². The highest BCUT2D eigenvalue weighted by atomic mass is 32.2. The van der Waals surface area contributed by atoms with E-state index in [1.165, 1.54) is 42.4 Å². The summed E-state index contributed by atoms with van der Waals surface area (Å²) >= 11 is 2.54. The summed E-state index contributed by atoms with van der Waals surface area (Å²) in [5, 5.41) is 13.8. The van der Waals surface area contributed by atoms with Crippen molar-refractivity contribution in [3.8, 4) is 0 Å². The molecule has 9 heteroatoms. The van der Waals surface area contributed by atoms with E-state index in [9.17, 15) is 9.59 Å². The van der Waals surface area contributed by atoms with Crippen molar-refractivity contribution >= 4 is 40.2 Å². The van der Waals surface area contributed by atoms with Gasteiger partial charge in [0.25, 0.3) is 0 Å². The van der Waals surface area contributed by atoms with Gasteiger partial charge >= 0.3 is 6.09 Å². The van der Waals surface area contributed by atoms with E-state index >= 15 is 0 Å². The molecule has 2 amide bonds. The van der Waals surface area contributed by atoms with Crippen LogP contribution in [0.2, 0.25) is 0 Å². The number of thioether (sulfide) groups is 1. The Morgan fingerprint density at radius 3 is 2.87 bits per heavy atom. The predicted molar refractivity (Wildman–Crippen MR) is 90.8 cm³/mol. The molecule has 1 aliphatic carbocycles. The number of nitrogens with one attached hydrogen (secondary N) is 2. The van der Waals surface area contributed by atoms with Crippen molar-refractivity contribution in [2.75, 3.05) is 17.7 Å². The highest BCUT2D eigenvalue weighted by Gasteiger charge is 2.22. The van der Waals surface area contributed by atoms with Gasteiger partial charge in [-0.1, -0.05) is 42.9 Å². The van der Waals surface area contributed by atoms with Crippen LogP contribution in [-0.4, -0.2) is 40.6 Å². The number of rotatable bonds is 6. The number of hydrogen-bond donors (Lipinski definition) is 2. The molecule has 1 saturated carbocycles. The fraction of sp³-hybridized carbons (Fsp3) is 0.714. The summed E-state index contributed by atoms with van der Waals surface area (Å²) in [5.41, 5.74) is 0. The van der Waals surface area contributed by atoms with Crippen molar-refractivity contribution in [3.63, 3.8) is 0 Å². The fourth-order valence-electron chi connectivity index (χ4n) is 2.48. The largest absolute Gasteiger partial charge is 0.450 e. The quantitative estimate of drug-likeness (QED) is 0.600. The van der Waals surface area contributed by atoms with Crippen LogP contribution < -0.4 is 10.6 Å². The minimum atomic E-state index is -0.552. The van der Waals surface area contributed by atoms with Crippen LogP contribution in [0.25, 0.3) is 0 Å². The van der Waals surface area contributed by atoms with E-state index in [1.807, 2.05) is 0 Å². The van der Waals surface area contributed by atoms with E-state index in [1.54, 1.807) is 6.92 Å². The first-order valence-electron chi connectivity index (χ1n) is 7.78. The summed E-state index contributed by atoms with van der Waals surface area (Å²) in [4.78, 5) is 23.3. The fourth-order valence-corrected chi connectivity index (χ4v) is 4.03. The third-order valence-corrected chi connectivity index (χ3v) is 5.65. The summed E-state index contributed by atoms with van der Waals surface area (Å²) in [6, 6.07) is 0.285. The van der Waals surface area contributed by atoms with Crippen molar-refractivity contribution in [1.29, 1.82) is 0 Å². The van der Waals surface area contributed by atoms with Crippen molar-refractivity contribution in [2.24, 2.45) is 5.92 Å². The van der Waals surface area contributed by atoms with Crippen LogP contribution in [0.3, 0.4) is 0 Å². The lowest BCUT2D eigenvalue weighted by molar-refractivity contribution is -0.119. The second-order valence-corrected chi connectivity index (χ2v) is 7.64. The van der Waals surface area contributed by atoms with E-state index in [2.05, 4.69) is 27.8 Å². The van der Waals surface area contributed by atoms with Gasteiger partial charge in [-0.2, -0.15) is 0 Å². The lowest BCUT2D eigenvalue weighted by Gasteiger charge is -2.29. The number of carbonyl (C=O) groups is 2. The third kappa shape index (κ3) is 5.98. The van der Waals surface area contributed by atoms with E-state index in [-0.39, 0.29) is 11.9 Å². The zero-order valence-electron chi connectivity index (χ0n) is 13.3. The first-order valence-corrected chi connectivity index (χ1v) is 9.58. The Kier molecular flexibility index (Phi) is 7.10. The average molecular weight is 358 g/mol. The molecule has 7 nitrogen and oxygen atoms in total. The van der Waals surface area contributed by atoms with Crippen molar-refractivity contribution in [1.82, 2.24) is 15.5 Å². The first kappa shape index (κ1) is 18.0. The summed E-state index contributed by atoms with van der Waals surface area (Å²) in [6.45, 7) is 4.22. The van der Waals surface area contributed by atoms with Crippen molar-refractivity contribution < 1.29 is 14.3 Å². The van der Waals surface area contributed by atoms with E-state index < -0.39 is 6.09 Å². The molecule has 0 saturated heterocycles. The number of hydrogen-bond acceptors (Lipinski definition) is 7. The van der Waals surface area contributed by atoms with Gasteiger partial charge in [-0.05, 0) is 25.7 Å². The van der Waals surface area contributed by atoms with E-state index in [0.717, 1.165) is 6.42 Å². The third-order valence-electron chi connectivity index (χ3n) is 3.68. The van der Waals surface area contributed by atoms with Crippen LogP contribution in [-0.2, 0) is 9.53 Å². The minimum absolute atomic E-state index is 0.0175. The Morgan fingerprint density at radius 2 is 2.13 bits per heavy atom. The molecule has 128 valence electrons. The first-order chi connectivity index (χ1) is 11.1. The van der Waals surface area contributed by atoms with Gasteiger partial charge in [-0.3, -0.25) is 10.1 Å². The molecular weight excluding hydrogens is 336 g/mol. The SMILES string of the molecule is CCOC(=O)Nc1nnc(SCC(=O)N[C@H]2CCCC[C@@H]2C)s1. The van der Waals surface area contributed by atoms with Gasteiger partial charge in [-0.25, -0.2) is 4.79 Å². The van der Waals surface area contributed by atoms with Gasteiger partial charge in [0.1, 0.15) is 0 Å². The zero-order valence-corrected chi connectivity index (χ0v) is 15.0. The Bertz CT molecular complexity index is 538. The number of anilines is 1. The molecule has 0 spiro atoms. The lowest BCUT2D eigenvalue weighted by Crippen LogP contribution is -2.41. The molecule has 2 N–H and O–H groups in total. The molecule has 23 heavy (non-hydrogen) atoms. The number of carbonyl (C=O) groups excluding carboxylic acids is 2. The highest BCUT2D eigenvalue weighted by molar-refractivity contribution is 8.01. The Morgan fingerprint density at radius 1 is 1.35 bits per heavy atom. The summed E-state index contributed by atoms with van der Waals surface area (Å²) in [6.07, 6.45) is 4.12. The second kappa shape index (κ2) is 9.07. The molecule has 1 fully saturated rings. The van der Waals surface area contributed by atoms with Gasteiger partial charge in [-0.15, -0.1) is 10.2 Å². The van der Waals surface area contributed by atoms with Gasteiger partial charge < -0.3 is 10.1 Å². The molecule has 0 unspecified atom stereocenters. The number of amides is 2. The Hall–Kier alpha value is -1.35. The smallest absolute Gasteiger partial charge is 0.413 e. The summed E-state index contributed by atoms with van der Waals surface area (Å²) in [5.74, 6) is 0.862. The number of ether oxygens (including phenoxy) is 1. The molecule has 0 radical (unpaired) electrons. The molecule has 1 heterocycles. The zero-order chi connectivity index (χ0) is 16.7. The van der Waals surface area contributed by atoms with Crippen LogP contribution >= 0.6 is 23.1 Å². The molecule has 0 aliphatic heterocycles. The van der Waals surface area contributed by atoms with E-state index in [0.29, 0.717) is 27.7 Å². The molecule has 2 rings (SSSR count). The van der Waals surface area contributed by atoms with Crippen LogP contribution in [0.4, 0.5) is 9.93 Å². The second-order valence-electron chi connectivity index (χ2n) is 5.44. The normalized spacial score (nSPS) is 20.8. The van der Waals surface area contributed by atoms with Crippen LogP contribution in [0.15, 0.2) is 4.34 Å². The Labute approximate surface area is 144 Å². The minimum Gasteiger partial charge on any atom is -0.450 e. The molecule has 1 aromatic heterocycles. The average Bonchev–Trinajstić information content (AvgIpc) is 2.95. The topological polar surface area (TPSA) is 93.2 Å². The Balaban J connectivity index is 1.74. The van der Waals surface area contributed by atoms with Crippen LogP contribution in [0, 0.1) is 5.92 Å². The van der Waals surface area contributed by atoms with Gasteiger partial charge in [0.15, 0.2) is 4.34 Å². The maximum Gasteiger partial charge on any atom is 0.413 e. The van der Waals surface area contributed by atoms with Gasteiger partial charge in [0, 0.05) is 6.04 Å². The molecular formula is C14H22N4O3S2. The summed E-state index contributed by atoms with van der Waals surface area (Å²) < 4.78 is 5.41.